The summed E-state index contributed by atoms with van der Waals surface area (Å²) in [5, 5.41) is 7.95. The Balaban J connectivity index is 1.37. The highest BCUT2D eigenvalue weighted by atomic mass is 16.5. The minimum absolute atomic E-state index is 0.0111. The van der Waals surface area contributed by atoms with Gasteiger partial charge in [-0.2, -0.15) is 4.98 Å². The third-order valence-corrected chi connectivity index (χ3v) is 9.18. The largest absolute Gasteiger partial charge is 0.473 e. The van der Waals surface area contributed by atoms with Crippen molar-refractivity contribution < 1.29 is 18.8 Å². The molecule has 212 valence electrons. The van der Waals surface area contributed by atoms with E-state index in [9.17, 15) is 4.79 Å². The predicted molar refractivity (Wildman–Crippen MR) is 147 cm³/mol. The molecule has 10 nitrogen and oxygen atoms in total. The highest BCUT2D eigenvalue weighted by Crippen LogP contribution is 2.47. The van der Waals surface area contributed by atoms with Crippen LogP contribution in [0.5, 0.6) is 5.88 Å². The van der Waals surface area contributed by atoms with E-state index in [0.29, 0.717) is 48.9 Å². The first-order valence-corrected chi connectivity index (χ1v) is 14.9. The van der Waals surface area contributed by atoms with Crippen LogP contribution in [0.2, 0.25) is 0 Å². The first-order chi connectivity index (χ1) is 19.0. The number of carbonyl (C=O) groups excluding carboxylic acids is 1. The van der Waals surface area contributed by atoms with Crippen LogP contribution in [0.1, 0.15) is 69.6 Å². The third kappa shape index (κ3) is 5.30. The highest BCUT2D eigenvalue weighted by molar-refractivity contribution is 5.91. The molecular weight excluding hydrogens is 496 g/mol. The van der Waals surface area contributed by atoms with E-state index < -0.39 is 5.41 Å². The Labute approximate surface area is 230 Å². The number of ketones is 1. The van der Waals surface area contributed by atoms with Crippen LogP contribution in [0.3, 0.4) is 0 Å². The van der Waals surface area contributed by atoms with E-state index in [-0.39, 0.29) is 6.10 Å². The van der Waals surface area contributed by atoms with Gasteiger partial charge in [0.05, 0.1) is 18.6 Å². The third-order valence-electron chi connectivity index (χ3n) is 9.18. The van der Waals surface area contributed by atoms with Crippen molar-refractivity contribution >= 4 is 11.6 Å². The van der Waals surface area contributed by atoms with Gasteiger partial charge in [0.25, 0.3) is 0 Å². The maximum Gasteiger partial charge on any atom is 0.219 e. The molecule has 0 aromatic carbocycles. The Bertz CT molecular complexity index is 1160. The van der Waals surface area contributed by atoms with E-state index in [4.69, 9.17) is 24.0 Å². The number of rotatable bonds is 5. The van der Waals surface area contributed by atoms with Crippen molar-refractivity contribution in [3.63, 3.8) is 0 Å². The maximum atomic E-state index is 13.2. The fourth-order valence-electron chi connectivity index (χ4n) is 7.01. The van der Waals surface area contributed by atoms with E-state index in [1.54, 1.807) is 0 Å². The van der Waals surface area contributed by atoms with Crippen molar-refractivity contribution in [3.05, 3.63) is 17.4 Å². The molecule has 39 heavy (non-hydrogen) atoms. The van der Waals surface area contributed by atoms with E-state index in [0.717, 1.165) is 94.8 Å². The van der Waals surface area contributed by atoms with Gasteiger partial charge in [0.1, 0.15) is 17.7 Å². The summed E-state index contributed by atoms with van der Waals surface area (Å²) < 4.78 is 18.3. The van der Waals surface area contributed by atoms with Gasteiger partial charge in [0, 0.05) is 50.3 Å². The molecule has 2 aromatic heterocycles. The molecule has 2 aliphatic carbocycles. The number of hydrogen-bond acceptors (Lipinski definition) is 10. The van der Waals surface area contributed by atoms with Gasteiger partial charge >= 0.3 is 0 Å². The zero-order valence-corrected chi connectivity index (χ0v) is 23.4. The summed E-state index contributed by atoms with van der Waals surface area (Å²) >= 11 is 0. The average Bonchev–Trinajstić information content (AvgIpc) is 3.60. The topological polar surface area (TPSA) is 106 Å². The maximum absolute atomic E-state index is 13.2. The van der Waals surface area contributed by atoms with Crippen LogP contribution in [0.25, 0.3) is 11.5 Å². The van der Waals surface area contributed by atoms with Crippen LogP contribution in [-0.4, -0.2) is 90.9 Å². The molecule has 2 aliphatic heterocycles. The van der Waals surface area contributed by atoms with Gasteiger partial charge in [-0.25, -0.2) is 4.98 Å². The first-order valence-electron chi connectivity index (χ1n) is 14.9. The number of aromatic nitrogens is 3. The Kier molecular flexibility index (Phi) is 7.86. The summed E-state index contributed by atoms with van der Waals surface area (Å²) in [4.78, 5) is 27.7. The quantitative estimate of drug-likeness (QED) is 0.610. The standard InChI is InChI=1S/C29H42N6O4/c1-20(22-8-6-14-34(22)2)38-25-19-24(35-15-12-30-13-17-37-18-16-35)31-28(32-25)26-21-7-5-11-29(27(21)39-33-26)10-4-3-9-23(29)36/h19-20,22,30H,3-18H2,1-2H3/t20-,22-,29+/m0/s1. The number of nitrogens with one attached hydrogen (secondary N) is 1. The van der Waals surface area contributed by atoms with Crippen LogP contribution in [0.15, 0.2) is 10.6 Å². The van der Waals surface area contributed by atoms with Crippen molar-refractivity contribution in [3.8, 4) is 17.4 Å². The van der Waals surface area contributed by atoms with Crippen molar-refractivity contribution in [1.82, 2.24) is 25.3 Å². The predicted octanol–water partition coefficient (Wildman–Crippen LogP) is 3.14. The van der Waals surface area contributed by atoms with E-state index in [2.05, 4.69) is 34.2 Å². The molecule has 1 spiro atoms. The summed E-state index contributed by atoms with van der Waals surface area (Å²) in [6.45, 7) is 7.76. The number of likely N-dealkylation sites (tertiary alicyclic amines) is 1. The van der Waals surface area contributed by atoms with Crippen LogP contribution in [0.4, 0.5) is 5.82 Å². The molecule has 3 fully saturated rings. The Morgan fingerprint density at radius 3 is 2.82 bits per heavy atom. The van der Waals surface area contributed by atoms with E-state index in [1.165, 1.54) is 6.42 Å². The normalized spacial score (nSPS) is 27.6. The van der Waals surface area contributed by atoms with Crippen molar-refractivity contribution in [1.29, 1.82) is 0 Å². The molecule has 2 saturated heterocycles. The molecule has 4 aliphatic rings. The van der Waals surface area contributed by atoms with E-state index in [1.807, 2.05) is 6.07 Å². The monoisotopic (exact) mass is 538 g/mol. The molecule has 0 radical (unpaired) electrons. The summed E-state index contributed by atoms with van der Waals surface area (Å²) in [6, 6.07) is 2.30. The number of carbonyl (C=O) groups is 1. The molecule has 0 bridgehead atoms. The van der Waals surface area contributed by atoms with Gasteiger partial charge in [0.15, 0.2) is 17.3 Å². The number of fused-ring (bicyclic) bond motifs is 2. The average molecular weight is 539 g/mol. The molecule has 4 heterocycles. The lowest BCUT2D eigenvalue weighted by Gasteiger charge is -2.36. The van der Waals surface area contributed by atoms with Crippen LogP contribution >= 0.6 is 0 Å². The molecule has 3 atom stereocenters. The summed E-state index contributed by atoms with van der Waals surface area (Å²) in [5.74, 6) is 2.91. The Morgan fingerprint density at radius 1 is 1.08 bits per heavy atom. The minimum atomic E-state index is -0.528. The van der Waals surface area contributed by atoms with Gasteiger partial charge in [-0.1, -0.05) is 11.6 Å². The second-order valence-corrected chi connectivity index (χ2v) is 11.7. The molecule has 0 unspecified atom stereocenters. The van der Waals surface area contributed by atoms with Gasteiger partial charge in [-0.05, 0) is 65.5 Å². The Morgan fingerprint density at radius 2 is 1.97 bits per heavy atom. The fourth-order valence-corrected chi connectivity index (χ4v) is 7.01. The van der Waals surface area contributed by atoms with Gasteiger partial charge in [-0.3, -0.25) is 9.69 Å². The fraction of sp³-hybridized carbons (Fsp3) is 0.724. The zero-order valence-electron chi connectivity index (χ0n) is 23.4. The molecule has 10 heteroatoms. The number of hydrogen-bond donors (Lipinski definition) is 1. The number of anilines is 1. The van der Waals surface area contributed by atoms with Crippen LogP contribution < -0.4 is 15.0 Å². The lowest BCUT2D eigenvalue weighted by molar-refractivity contribution is -0.128. The summed E-state index contributed by atoms with van der Waals surface area (Å²) in [6.07, 6.45) is 8.36. The second kappa shape index (κ2) is 11.5. The number of Topliss-reactive ketones (excluding diaryl/α,β-unsaturated/α-hetero) is 1. The molecule has 6 rings (SSSR count). The van der Waals surface area contributed by atoms with E-state index >= 15 is 0 Å². The number of likely N-dealkylation sites (N-methyl/N-ethyl adjacent to an activating group) is 1. The highest BCUT2D eigenvalue weighted by Gasteiger charge is 2.48. The van der Waals surface area contributed by atoms with Gasteiger partial charge in [-0.15, -0.1) is 0 Å². The van der Waals surface area contributed by atoms with Crippen LogP contribution in [0, 0.1) is 0 Å². The molecule has 0 amide bonds. The second-order valence-electron chi connectivity index (χ2n) is 11.7. The van der Waals surface area contributed by atoms with Crippen molar-refractivity contribution in [2.24, 2.45) is 0 Å². The zero-order chi connectivity index (χ0) is 26.8. The minimum Gasteiger partial charge on any atom is -0.473 e. The lowest BCUT2D eigenvalue weighted by atomic mass is 9.64. The summed E-state index contributed by atoms with van der Waals surface area (Å²) in [5.41, 5.74) is 1.12. The van der Waals surface area contributed by atoms with Gasteiger partial charge < -0.3 is 24.2 Å². The first kappa shape index (κ1) is 26.7. The SMILES string of the molecule is C[C@H](Oc1cc(N2CCNCCOCC2)nc(-c2noc3c2CCC[C@@]32CCCCC2=O)n1)[C@@H]1CCCN1C. The summed E-state index contributed by atoms with van der Waals surface area (Å²) in [7, 11) is 2.16. The lowest BCUT2D eigenvalue weighted by Crippen LogP contribution is -2.41. The van der Waals surface area contributed by atoms with Crippen molar-refractivity contribution in [2.45, 2.75) is 82.3 Å². The molecular formula is C29H42N6O4. The number of nitrogens with zero attached hydrogens (tertiary/aromatic N) is 5. The molecule has 1 N–H and O–H groups in total. The van der Waals surface area contributed by atoms with Crippen LogP contribution in [-0.2, 0) is 21.4 Å². The number of ether oxygens (including phenoxy) is 2. The van der Waals surface area contributed by atoms with Gasteiger partial charge in [0.2, 0.25) is 5.88 Å². The molecule has 1 saturated carbocycles. The Hall–Kier alpha value is -2.56. The van der Waals surface area contributed by atoms with Crippen molar-refractivity contribution in [2.75, 3.05) is 57.9 Å². The smallest absolute Gasteiger partial charge is 0.219 e. The molecule has 2 aromatic rings.